The number of aryl methyl sites for hydroxylation is 4. The molecular weight excluding hydrogens is 478 g/mol. The van der Waals surface area contributed by atoms with Gasteiger partial charge in [-0.1, -0.05) is 54.1 Å². The van der Waals surface area contributed by atoms with Gasteiger partial charge in [0.25, 0.3) is 0 Å². The first kappa shape index (κ1) is 24.7. The van der Waals surface area contributed by atoms with Gasteiger partial charge in [-0.2, -0.15) is 0 Å². The van der Waals surface area contributed by atoms with Gasteiger partial charge in [0.15, 0.2) is 0 Å². The summed E-state index contributed by atoms with van der Waals surface area (Å²) < 4.78 is 6.42. The van der Waals surface area contributed by atoms with Crippen molar-refractivity contribution in [2.45, 2.75) is 48.5 Å². The van der Waals surface area contributed by atoms with Gasteiger partial charge >= 0.3 is 0 Å². The topological polar surface area (TPSA) is 45.6 Å². The Balaban J connectivity index is 1.69. The van der Waals surface area contributed by atoms with E-state index >= 15 is 0 Å². The van der Waals surface area contributed by atoms with Crippen LogP contribution < -0.4 is 0 Å². The number of hydrogen-bond acceptors (Lipinski definition) is 2. The third-order valence-electron chi connectivity index (χ3n) is 7.97. The molecule has 4 nitrogen and oxygen atoms in total. The van der Waals surface area contributed by atoms with E-state index in [1.165, 1.54) is 16.7 Å². The molecule has 1 aliphatic heterocycles. The Hall–Kier alpha value is -4.62. The first-order valence-electron chi connectivity index (χ1n) is 13.3. The Kier molecular flexibility index (Phi) is 5.70. The molecule has 0 atom stereocenters. The number of hydrogen-bond donors (Lipinski definition) is 1. The Bertz CT molecular complexity index is 1960. The first-order chi connectivity index (χ1) is 18.7. The number of nitrogens with zero attached hydrogens (tertiary/aromatic N) is 2. The highest BCUT2D eigenvalue weighted by Crippen LogP contribution is 2.44. The third-order valence-corrected chi connectivity index (χ3v) is 7.97. The summed E-state index contributed by atoms with van der Waals surface area (Å²) in [6.45, 7) is 22.5. The number of para-hydroxylation sites is 2. The van der Waals surface area contributed by atoms with Crippen molar-refractivity contribution in [1.82, 2.24) is 4.98 Å². The fourth-order valence-corrected chi connectivity index (χ4v) is 6.38. The number of allylic oxidation sites excluding steroid dienone is 2. The molecule has 3 aromatic carbocycles. The van der Waals surface area contributed by atoms with Crippen LogP contribution in [-0.4, -0.2) is 10.7 Å². The predicted octanol–water partition coefficient (Wildman–Crippen LogP) is 9.55. The van der Waals surface area contributed by atoms with E-state index in [0.717, 1.165) is 78.1 Å². The average Bonchev–Trinajstić information content (AvgIpc) is 3.51. The fourth-order valence-electron chi connectivity index (χ4n) is 6.38. The molecule has 3 heterocycles. The van der Waals surface area contributed by atoms with Crippen molar-refractivity contribution < 1.29 is 4.42 Å². The molecule has 0 unspecified atom stereocenters. The van der Waals surface area contributed by atoms with Crippen LogP contribution in [0.3, 0.4) is 0 Å². The fraction of sp³-hybridized carbons (Fsp3) is 0.200. The lowest BCUT2D eigenvalue weighted by Gasteiger charge is -2.18. The number of furan rings is 1. The van der Waals surface area contributed by atoms with Crippen LogP contribution in [-0.2, 0) is 0 Å². The molecule has 39 heavy (non-hydrogen) atoms. The molecule has 6 rings (SSSR count). The zero-order valence-electron chi connectivity index (χ0n) is 23.5. The van der Waals surface area contributed by atoms with Crippen LogP contribution in [0, 0.1) is 41.2 Å². The number of aliphatic imine (C=N–C) groups is 1. The van der Waals surface area contributed by atoms with E-state index in [4.69, 9.17) is 16.0 Å². The van der Waals surface area contributed by atoms with Gasteiger partial charge in [0.1, 0.15) is 11.2 Å². The molecule has 0 amide bonds. The minimum absolute atomic E-state index is 0.637. The summed E-state index contributed by atoms with van der Waals surface area (Å²) in [4.78, 5) is 12.6. The van der Waals surface area contributed by atoms with Crippen molar-refractivity contribution in [3.8, 4) is 11.1 Å². The zero-order valence-corrected chi connectivity index (χ0v) is 23.5. The Morgan fingerprint density at radius 2 is 1.56 bits per heavy atom. The summed E-state index contributed by atoms with van der Waals surface area (Å²) in [5, 5.41) is 2.24. The molecule has 0 saturated heterocycles. The van der Waals surface area contributed by atoms with E-state index in [1.54, 1.807) is 0 Å². The normalized spacial score (nSPS) is 14.9. The quantitative estimate of drug-likeness (QED) is 0.242. The molecular formula is C35H31N3O. The standard InChI is InChI=1S/C35H31N3O/c1-18-16-19(2)29(20(3)17-18)31(34-22(5)32(36-8)24(7)38-34)33-21(4)30(23(6)37-33)27-14-11-13-26-25-12-9-10-15-28(25)39-35(26)27/h9-17,37H,1-7H3. The van der Waals surface area contributed by atoms with E-state index in [2.05, 4.69) is 86.9 Å². The molecule has 0 radical (unpaired) electrons. The van der Waals surface area contributed by atoms with Crippen LogP contribution >= 0.6 is 0 Å². The summed E-state index contributed by atoms with van der Waals surface area (Å²) in [5.74, 6) is 0. The largest absolute Gasteiger partial charge is 0.455 e. The van der Waals surface area contributed by atoms with E-state index in [-0.39, 0.29) is 0 Å². The molecule has 0 fully saturated rings. The molecule has 1 aliphatic rings. The van der Waals surface area contributed by atoms with Crippen molar-refractivity contribution in [1.29, 1.82) is 0 Å². The molecule has 192 valence electrons. The van der Waals surface area contributed by atoms with Crippen LogP contribution in [0.15, 0.2) is 81.0 Å². The van der Waals surface area contributed by atoms with Crippen LogP contribution in [0.5, 0.6) is 0 Å². The summed E-state index contributed by atoms with van der Waals surface area (Å²) in [6, 6.07) is 19.0. The van der Waals surface area contributed by atoms with Crippen LogP contribution in [0.25, 0.3) is 43.5 Å². The molecule has 0 aliphatic carbocycles. The van der Waals surface area contributed by atoms with Gasteiger partial charge in [-0.15, -0.1) is 0 Å². The second-order valence-electron chi connectivity index (χ2n) is 10.7. The van der Waals surface area contributed by atoms with Crippen LogP contribution in [0.2, 0.25) is 0 Å². The van der Waals surface area contributed by atoms with Gasteiger partial charge in [-0.05, 0) is 82.4 Å². The van der Waals surface area contributed by atoms with Crippen molar-refractivity contribution in [2.75, 3.05) is 0 Å². The minimum Gasteiger partial charge on any atom is -0.455 e. The van der Waals surface area contributed by atoms with Crippen molar-refractivity contribution in [2.24, 2.45) is 4.99 Å². The Morgan fingerprint density at radius 3 is 2.26 bits per heavy atom. The zero-order chi connectivity index (χ0) is 27.6. The van der Waals surface area contributed by atoms with Gasteiger partial charge in [0, 0.05) is 38.9 Å². The van der Waals surface area contributed by atoms with Crippen LogP contribution in [0.4, 0.5) is 0 Å². The van der Waals surface area contributed by atoms with E-state index in [0.29, 0.717) is 5.70 Å². The maximum absolute atomic E-state index is 7.77. The van der Waals surface area contributed by atoms with Gasteiger partial charge in [0.05, 0.1) is 18.0 Å². The second-order valence-corrected chi connectivity index (χ2v) is 10.7. The number of fused-ring (bicyclic) bond motifs is 3. The van der Waals surface area contributed by atoms with Gasteiger partial charge in [0.2, 0.25) is 5.70 Å². The monoisotopic (exact) mass is 509 g/mol. The molecule has 4 heteroatoms. The molecule has 0 spiro atoms. The van der Waals surface area contributed by atoms with Gasteiger partial charge in [-0.3, -0.25) is 4.99 Å². The highest BCUT2D eigenvalue weighted by molar-refractivity contribution is 6.10. The molecule has 1 N–H and O–H groups in total. The highest BCUT2D eigenvalue weighted by atomic mass is 16.3. The van der Waals surface area contributed by atoms with Crippen LogP contribution in [0.1, 0.15) is 53.1 Å². The number of rotatable bonds is 3. The predicted molar refractivity (Wildman–Crippen MR) is 162 cm³/mol. The molecule has 2 aromatic heterocycles. The summed E-state index contributed by atoms with van der Waals surface area (Å²) in [5.41, 5.74) is 16.3. The van der Waals surface area contributed by atoms with E-state index < -0.39 is 0 Å². The van der Waals surface area contributed by atoms with Crippen molar-refractivity contribution >= 4 is 33.2 Å². The number of H-pyrrole nitrogens is 1. The highest BCUT2D eigenvalue weighted by Gasteiger charge is 2.28. The maximum atomic E-state index is 7.77. The second kappa shape index (κ2) is 8.99. The lowest BCUT2D eigenvalue weighted by Crippen LogP contribution is -2.02. The lowest BCUT2D eigenvalue weighted by atomic mass is 9.87. The van der Waals surface area contributed by atoms with E-state index in [1.807, 2.05) is 26.0 Å². The van der Waals surface area contributed by atoms with Crippen molar-refractivity contribution in [3.63, 3.8) is 0 Å². The Morgan fingerprint density at radius 1 is 0.872 bits per heavy atom. The smallest absolute Gasteiger partial charge is 0.212 e. The molecule has 5 aromatic rings. The number of benzene rings is 3. The van der Waals surface area contributed by atoms with Gasteiger partial charge in [-0.25, -0.2) is 4.85 Å². The van der Waals surface area contributed by atoms with E-state index in [9.17, 15) is 0 Å². The third kappa shape index (κ3) is 3.69. The molecule has 0 saturated carbocycles. The maximum Gasteiger partial charge on any atom is 0.212 e. The summed E-state index contributed by atoms with van der Waals surface area (Å²) in [7, 11) is 0. The molecule has 0 bridgehead atoms. The Labute approximate surface area is 229 Å². The number of aromatic amines is 1. The average molecular weight is 510 g/mol. The number of aromatic nitrogens is 1. The minimum atomic E-state index is 0.637. The van der Waals surface area contributed by atoms with Gasteiger partial charge < -0.3 is 9.40 Å². The summed E-state index contributed by atoms with van der Waals surface area (Å²) >= 11 is 0. The SMILES string of the molecule is [C-]#[N+]C1=C(C)C(=C(c2[nH]c(C)c(-c3cccc4c3oc3ccccc34)c2C)c2c(C)cc(C)cc2C)N=C1C. The summed E-state index contributed by atoms with van der Waals surface area (Å²) in [6.07, 6.45) is 0. The first-order valence-corrected chi connectivity index (χ1v) is 13.3. The van der Waals surface area contributed by atoms with Crippen molar-refractivity contribution in [3.05, 3.63) is 122 Å². The number of nitrogens with one attached hydrogen (secondary N) is 1. The lowest BCUT2D eigenvalue weighted by molar-refractivity contribution is 0.670.